The number of aromatic nitrogens is 3. The second-order valence-electron chi connectivity index (χ2n) is 4.39. The zero-order valence-corrected chi connectivity index (χ0v) is 12.0. The molecule has 2 aromatic rings. The molecule has 0 aliphatic carbocycles. The van der Waals surface area contributed by atoms with Crippen LogP contribution in [-0.4, -0.2) is 21.0 Å². The van der Waals surface area contributed by atoms with Gasteiger partial charge >= 0.3 is 0 Å². The summed E-state index contributed by atoms with van der Waals surface area (Å²) in [6.45, 7) is 4.15. The van der Waals surface area contributed by atoms with Gasteiger partial charge in [-0.2, -0.15) is 0 Å². The fraction of sp³-hybridized carbons (Fsp3) is 0.385. The lowest BCUT2D eigenvalue weighted by atomic mass is 9.96. The molecule has 0 saturated carbocycles. The van der Waals surface area contributed by atoms with Crippen molar-refractivity contribution in [3.63, 3.8) is 0 Å². The molecule has 0 bridgehead atoms. The fourth-order valence-corrected chi connectivity index (χ4v) is 2.71. The summed E-state index contributed by atoms with van der Waals surface area (Å²) in [6.07, 6.45) is 1.98. The standard InChI is InChI=1S/C13H18N4S/c1-8-6-5-7-9(2)10(8)11(14)12-15-16-13(18-4)17(12)3/h5-7,11H,14H2,1-4H3. The minimum Gasteiger partial charge on any atom is -0.318 e. The molecular formula is C13H18N4S. The van der Waals surface area contributed by atoms with Gasteiger partial charge in [0, 0.05) is 7.05 Å². The second-order valence-corrected chi connectivity index (χ2v) is 5.16. The molecular weight excluding hydrogens is 244 g/mol. The van der Waals surface area contributed by atoms with Crippen molar-refractivity contribution in [1.82, 2.24) is 14.8 Å². The van der Waals surface area contributed by atoms with Crippen molar-refractivity contribution in [3.8, 4) is 0 Å². The molecule has 2 rings (SSSR count). The summed E-state index contributed by atoms with van der Waals surface area (Å²) in [7, 11) is 1.95. The summed E-state index contributed by atoms with van der Waals surface area (Å²) in [6, 6.07) is 5.97. The van der Waals surface area contributed by atoms with Gasteiger partial charge in [-0.25, -0.2) is 0 Å². The molecule has 0 aliphatic rings. The third-order valence-corrected chi connectivity index (χ3v) is 3.90. The summed E-state index contributed by atoms with van der Waals surface area (Å²) in [5, 5.41) is 9.23. The average Bonchev–Trinajstić information content (AvgIpc) is 2.70. The van der Waals surface area contributed by atoms with Gasteiger partial charge in [-0.05, 0) is 36.8 Å². The Labute approximate surface area is 112 Å². The third kappa shape index (κ3) is 2.15. The van der Waals surface area contributed by atoms with Gasteiger partial charge in [0.25, 0.3) is 0 Å². The van der Waals surface area contributed by atoms with E-state index in [-0.39, 0.29) is 6.04 Å². The molecule has 5 heteroatoms. The van der Waals surface area contributed by atoms with Crippen molar-refractivity contribution >= 4 is 11.8 Å². The highest BCUT2D eigenvalue weighted by Crippen LogP contribution is 2.26. The van der Waals surface area contributed by atoms with Gasteiger partial charge in [-0.3, -0.25) is 0 Å². The van der Waals surface area contributed by atoms with Gasteiger partial charge in [-0.1, -0.05) is 30.0 Å². The molecule has 0 aliphatic heterocycles. The first-order chi connectivity index (χ1) is 8.56. The van der Waals surface area contributed by atoms with Crippen molar-refractivity contribution in [2.24, 2.45) is 12.8 Å². The van der Waals surface area contributed by atoms with Gasteiger partial charge < -0.3 is 10.3 Å². The number of hydrogen-bond donors (Lipinski definition) is 1. The maximum Gasteiger partial charge on any atom is 0.190 e. The first kappa shape index (κ1) is 13.1. The lowest BCUT2D eigenvalue weighted by Gasteiger charge is -2.16. The van der Waals surface area contributed by atoms with E-state index in [1.807, 2.05) is 23.9 Å². The Morgan fingerprint density at radius 1 is 1.22 bits per heavy atom. The normalized spacial score (nSPS) is 12.7. The molecule has 1 aromatic carbocycles. The molecule has 1 aromatic heterocycles. The van der Waals surface area contributed by atoms with E-state index in [0.29, 0.717) is 0 Å². The average molecular weight is 262 g/mol. The molecule has 0 spiro atoms. The zero-order valence-electron chi connectivity index (χ0n) is 11.1. The Kier molecular flexibility index (Phi) is 3.73. The number of aryl methyl sites for hydroxylation is 2. The van der Waals surface area contributed by atoms with E-state index in [4.69, 9.17) is 5.73 Å². The minimum atomic E-state index is -0.232. The van der Waals surface area contributed by atoms with Crippen LogP contribution in [0.2, 0.25) is 0 Å². The van der Waals surface area contributed by atoms with Crippen LogP contribution in [0, 0.1) is 13.8 Å². The molecule has 2 N–H and O–H groups in total. The summed E-state index contributed by atoms with van der Waals surface area (Å²) in [5.74, 6) is 0.803. The van der Waals surface area contributed by atoms with Crippen molar-refractivity contribution in [1.29, 1.82) is 0 Å². The maximum atomic E-state index is 6.35. The van der Waals surface area contributed by atoms with Gasteiger partial charge in [0.05, 0.1) is 6.04 Å². The number of rotatable bonds is 3. The summed E-state index contributed by atoms with van der Waals surface area (Å²) in [5.41, 5.74) is 9.88. The van der Waals surface area contributed by atoms with Gasteiger partial charge in [0.1, 0.15) is 0 Å². The van der Waals surface area contributed by atoms with Gasteiger partial charge in [0.2, 0.25) is 0 Å². The molecule has 1 atom stereocenters. The van der Waals surface area contributed by atoms with Crippen LogP contribution in [0.4, 0.5) is 0 Å². The Morgan fingerprint density at radius 2 is 1.83 bits per heavy atom. The van der Waals surface area contributed by atoms with E-state index < -0.39 is 0 Å². The largest absolute Gasteiger partial charge is 0.318 e. The van der Waals surface area contributed by atoms with Crippen molar-refractivity contribution in [2.45, 2.75) is 25.0 Å². The van der Waals surface area contributed by atoms with Crippen LogP contribution >= 0.6 is 11.8 Å². The highest BCUT2D eigenvalue weighted by Gasteiger charge is 2.20. The van der Waals surface area contributed by atoms with Crippen LogP contribution in [-0.2, 0) is 7.05 Å². The number of nitrogens with zero attached hydrogens (tertiary/aromatic N) is 3. The molecule has 0 fully saturated rings. The molecule has 4 nitrogen and oxygen atoms in total. The monoisotopic (exact) mass is 262 g/mol. The van der Waals surface area contributed by atoms with Crippen LogP contribution in [0.5, 0.6) is 0 Å². The van der Waals surface area contributed by atoms with E-state index in [2.05, 4.69) is 36.2 Å². The number of benzene rings is 1. The predicted molar refractivity (Wildman–Crippen MR) is 74.7 cm³/mol. The number of thioether (sulfide) groups is 1. The fourth-order valence-electron chi connectivity index (χ4n) is 2.22. The van der Waals surface area contributed by atoms with E-state index >= 15 is 0 Å². The first-order valence-electron chi connectivity index (χ1n) is 5.81. The maximum absolute atomic E-state index is 6.35. The SMILES string of the molecule is CSc1nnc(C(N)c2c(C)cccc2C)n1C. The quantitative estimate of drug-likeness (QED) is 0.862. The lowest BCUT2D eigenvalue weighted by molar-refractivity contribution is 0.680. The Morgan fingerprint density at radius 3 is 2.33 bits per heavy atom. The van der Waals surface area contributed by atoms with E-state index in [1.54, 1.807) is 11.8 Å². The molecule has 0 amide bonds. The van der Waals surface area contributed by atoms with Crippen molar-refractivity contribution < 1.29 is 0 Å². The lowest BCUT2D eigenvalue weighted by Crippen LogP contribution is -2.19. The van der Waals surface area contributed by atoms with Crippen molar-refractivity contribution in [2.75, 3.05) is 6.26 Å². The Bertz CT molecular complexity index is 542. The van der Waals surface area contributed by atoms with E-state index in [1.165, 1.54) is 11.1 Å². The molecule has 0 saturated heterocycles. The summed E-state index contributed by atoms with van der Waals surface area (Å²) < 4.78 is 1.96. The number of nitrogens with two attached hydrogens (primary N) is 1. The van der Waals surface area contributed by atoms with Crippen LogP contribution in [0.25, 0.3) is 0 Å². The van der Waals surface area contributed by atoms with Crippen LogP contribution in [0.15, 0.2) is 23.4 Å². The zero-order chi connectivity index (χ0) is 13.3. The predicted octanol–water partition coefficient (Wildman–Crippen LogP) is 2.20. The minimum absolute atomic E-state index is 0.232. The Balaban J connectivity index is 2.48. The van der Waals surface area contributed by atoms with E-state index in [9.17, 15) is 0 Å². The number of hydrogen-bond acceptors (Lipinski definition) is 4. The molecule has 0 radical (unpaired) electrons. The van der Waals surface area contributed by atoms with Gasteiger partial charge in [-0.15, -0.1) is 10.2 Å². The van der Waals surface area contributed by atoms with Gasteiger partial charge in [0.15, 0.2) is 11.0 Å². The molecule has 18 heavy (non-hydrogen) atoms. The topological polar surface area (TPSA) is 56.7 Å². The van der Waals surface area contributed by atoms with Crippen LogP contribution < -0.4 is 5.73 Å². The third-order valence-electron chi connectivity index (χ3n) is 3.18. The smallest absolute Gasteiger partial charge is 0.190 e. The van der Waals surface area contributed by atoms with Crippen LogP contribution in [0.1, 0.15) is 28.6 Å². The highest BCUT2D eigenvalue weighted by molar-refractivity contribution is 7.98. The summed E-state index contributed by atoms with van der Waals surface area (Å²) >= 11 is 1.57. The molecule has 96 valence electrons. The summed E-state index contributed by atoms with van der Waals surface area (Å²) in [4.78, 5) is 0. The highest BCUT2D eigenvalue weighted by atomic mass is 32.2. The van der Waals surface area contributed by atoms with Crippen molar-refractivity contribution in [3.05, 3.63) is 40.7 Å². The Hall–Kier alpha value is -1.33. The second kappa shape index (κ2) is 5.12. The first-order valence-corrected chi connectivity index (χ1v) is 7.03. The van der Waals surface area contributed by atoms with E-state index in [0.717, 1.165) is 16.5 Å². The molecule has 1 unspecified atom stereocenters. The molecule has 1 heterocycles. The van der Waals surface area contributed by atoms with Crippen LogP contribution in [0.3, 0.4) is 0 Å².